The summed E-state index contributed by atoms with van der Waals surface area (Å²) >= 11 is 5.37. The standard InChI is InChI=1S/C6H17ClO3Si2/c1-8-12(3,9-2)6-11-5-10-4-7/h4-6,11H2,1-3H3. The number of ether oxygens (including phenoxy) is 1. The lowest BCUT2D eigenvalue weighted by atomic mass is 11.5. The second-order valence-corrected chi connectivity index (χ2v) is 9.08. The molecule has 0 unspecified atom stereocenters. The minimum absolute atomic E-state index is 0.221. The molecule has 0 heterocycles. The molecule has 0 saturated carbocycles. The first-order valence-corrected chi connectivity index (χ1v) is 8.98. The molecule has 0 atom stereocenters. The molecule has 0 spiro atoms. The van der Waals surface area contributed by atoms with Crippen LogP contribution >= 0.6 is 11.6 Å². The van der Waals surface area contributed by atoms with E-state index < -0.39 is 8.56 Å². The summed E-state index contributed by atoms with van der Waals surface area (Å²) in [5.74, 6) is 0. The average Bonchev–Trinajstić information content (AvgIpc) is 2.12. The predicted octanol–water partition coefficient (Wildman–Crippen LogP) is 0.648. The van der Waals surface area contributed by atoms with Gasteiger partial charge in [0.2, 0.25) is 0 Å². The van der Waals surface area contributed by atoms with E-state index in [4.69, 9.17) is 25.2 Å². The van der Waals surface area contributed by atoms with Gasteiger partial charge in [-0.1, -0.05) is 11.6 Å². The van der Waals surface area contributed by atoms with Crippen molar-refractivity contribution in [3.63, 3.8) is 0 Å². The molecule has 0 aliphatic carbocycles. The third-order valence-corrected chi connectivity index (χ3v) is 9.37. The summed E-state index contributed by atoms with van der Waals surface area (Å²) < 4.78 is 15.7. The maximum absolute atomic E-state index is 5.37. The van der Waals surface area contributed by atoms with Crippen LogP contribution in [-0.2, 0) is 13.6 Å². The zero-order chi connectivity index (χ0) is 9.45. The quantitative estimate of drug-likeness (QED) is 0.364. The van der Waals surface area contributed by atoms with Gasteiger partial charge in [-0.2, -0.15) is 0 Å². The molecular weight excluding hydrogens is 212 g/mol. The molecule has 0 amide bonds. The highest BCUT2D eigenvalue weighted by molar-refractivity contribution is 6.75. The van der Waals surface area contributed by atoms with E-state index in [9.17, 15) is 0 Å². The summed E-state index contributed by atoms with van der Waals surface area (Å²) in [6.45, 7) is 2.07. The third kappa shape index (κ3) is 5.28. The van der Waals surface area contributed by atoms with Gasteiger partial charge in [0.05, 0.1) is 9.52 Å². The van der Waals surface area contributed by atoms with Crippen LogP contribution in [0, 0.1) is 0 Å². The van der Waals surface area contributed by atoms with Gasteiger partial charge >= 0.3 is 8.56 Å². The molecule has 74 valence electrons. The topological polar surface area (TPSA) is 27.7 Å². The van der Waals surface area contributed by atoms with Crippen LogP contribution in [0.5, 0.6) is 0 Å². The van der Waals surface area contributed by atoms with E-state index in [0.717, 1.165) is 11.9 Å². The Hall–Kier alpha value is 0.604. The van der Waals surface area contributed by atoms with E-state index in [0.29, 0.717) is 6.07 Å². The van der Waals surface area contributed by atoms with Crippen LogP contribution in [0.2, 0.25) is 12.2 Å². The minimum Gasteiger partial charge on any atom is -0.398 e. The second-order valence-electron chi connectivity index (χ2n) is 2.66. The maximum atomic E-state index is 5.37. The smallest absolute Gasteiger partial charge is 0.331 e. The average molecular weight is 229 g/mol. The lowest BCUT2D eigenvalue weighted by Gasteiger charge is -2.22. The summed E-state index contributed by atoms with van der Waals surface area (Å²) in [5.41, 5.74) is 1.08. The van der Waals surface area contributed by atoms with Gasteiger partial charge in [-0.25, -0.2) is 0 Å². The Kier molecular flexibility index (Phi) is 7.40. The predicted molar refractivity (Wildman–Crippen MR) is 55.7 cm³/mol. The van der Waals surface area contributed by atoms with Crippen molar-refractivity contribution >= 4 is 29.7 Å². The zero-order valence-electron chi connectivity index (χ0n) is 7.93. The highest BCUT2D eigenvalue weighted by Gasteiger charge is 2.27. The van der Waals surface area contributed by atoms with Crippen molar-refractivity contribution in [1.29, 1.82) is 0 Å². The first kappa shape index (κ1) is 12.6. The second kappa shape index (κ2) is 7.05. The fraction of sp³-hybridized carbons (Fsp3) is 1.00. The summed E-state index contributed by atoms with van der Waals surface area (Å²) in [4.78, 5) is 0. The normalized spacial score (nSPS) is 13.0. The van der Waals surface area contributed by atoms with Crippen LogP contribution in [-0.4, -0.2) is 44.6 Å². The molecule has 0 rings (SSSR count). The van der Waals surface area contributed by atoms with Gasteiger partial charge in [0.15, 0.2) is 0 Å². The van der Waals surface area contributed by atoms with Crippen molar-refractivity contribution in [2.45, 2.75) is 12.2 Å². The molecular formula is C6H17ClO3Si2. The highest BCUT2D eigenvalue weighted by atomic mass is 35.5. The van der Waals surface area contributed by atoms with Gasteiger partial charge in [-0.15, -0.1) is 0 Å². The molecule has 0 aliphatic heterocycles. The van der Waals surface area contributed by atoms with Crippen molar-refractivity contribution in [3.8, 4) is 0 Å². The largest absolute Gasteiger partial charge is 0.398 e. The van der Waals surface area contributed by atoms with Gasteiger partial charge in [0.25, 0.3) is 0 Å². The molecule has 0 saturated heterocycles. The van der Waals surface area contributed by atoms with E-state index in [-0.39, 0.29) is 9.52 Å². The van der Waals surface area contributed by atoms with Crippen LogP contribution in [0.1, 0.15) is 0 Å². The van der Waals surface area contributed by atoms with E-state index in [1.807, 2.05) is 0 Å². The lowest BCUT2D eigenvalue weighted by Crippen LogP contribution is -2.38. The van der Waals surface area contributed by atoms with E-state index in [1.54, 1.807) is 14.2 Å². The Labute approximate surface area is 82.4 Å². The fourth-order valence-corrected chi connectivity index (χ4v) is 6.42. The van der Waals surface area contributed by atoms with Gasteiger partial charge in [0, 0.05) is 20.4 Å². The van der Waals surface area contributed by atoms with Crippen LogP contribution < -0.4 is 0 Å². The number of halogens is 1. The molecule has 0 radical (unpaired) electrons. The van der Waals surface area contributed by atoms with Crippen molar-refractivity contribution in [2.75, 3.05) is 26.5 Å². The first-order chi connectivity index (χ1) is 5.68. The summed E-state index contributed by atoms with van der Waals surface area (Å²) in [5, 5.41) is 0. The van der Waals surface area contributed by atoms with Crippen molar-refractivity contribution in [2.24, 2.45) is 0 Å². The van der Waals surface area contributed by atoms with Crippen LogP contribution in [0.4, 0.5) is 0 Å². The molecule has 12 heavy (non-hydrogen) atoms. The number of hydrogen-bond donors (Lipinski definition) is 0. The Morgan fingerprint density at radius 1 is 1.33 bits per heavy atom. The summed E-state index contributed by atoms with van der Waals surface area (Å²) in [6, 6.07) is 0.297. The van der Waals surface area contributed by atoms with Gasteiger partial charge in [-0.3, -0.25) is 0 Å². The Balaban J connectivity index is 3.45. The van der Waals surface area contributed by atoms with Crippen molar-refractivity contribution in [3.05, 3.63) is 0 Å². The van der Waals surface area contributed by atoms with Gasteiger partial charge in [-0.05, 0) is 12.2 Å². The molecule has 0 aromatic rings. The van der Waals surface area contributed by atoms with E-state index >= 15 is 0 Å². The van der Waals surface area contributed by atoms with Gasteiger partial charge < -0.3 is 13.6 Å². The first-order valence-electron chi connectivity index (χ1n) is 3.92. The van der Waals surface area contributed by atoms with Crippen LogP contribution in [0.25, 0.3) is 0 Å². The fourth-order valence-electron chi connectivity index (χ4n) is 0.837. The SMILES string of the molecule is CO[Si](C)(C[SiH2]COCCl)OC. The molecule has 0 fully saturated rings. The monoisotopic (exact) mass is 228 g/mol. The van der Waals surface area contributed by atoms with E-state index in [1.165, 1.54) is 0 Å². The summed E-state index contributed by atoms with van der Waals surface area (Å²) in [7, 11) is 1.40. The van der Waals surface area contributed by atoms with Crippen LogP contribution in [0.15, 0.2) is 0 Å². The summed E-state index contributed by atoms with van der Waals surface area (Å²) in [6.07, 6.45) is 0.818. The van der Waals surface area contributed by atoms with E-state index in [2.05, 4.69) is 6.55 Å². The number of alkyl halides is 1. The Morgan fingerprint density at radius 2 is 1.92 bits per heavy atom. The van der Waals surface area contributed by atoms with Gasteiger partial charge in [0.1, 0.15) is 6.07 Å². The van der Waals surface area contributed by atoms with Crippen molar-refractivity contribution < 1.29 is 13.6 Å². The molecule has 0 aliphatic rings. The number of hydrogen-bond acceptors (Lipinski definition) is 3. The minimum atomic E-state index is -1.81. The molecule has 0 aromatic heterocycles. The zero-order valence-corrected chi connectivity index (χ0v) is 11.1. The highest BCUT2D eigenvalue weighted by Crippen LogP contribution is 2.09. The lowest BCUT2D eigenvalue weighted by molar-refractivity contribution is 0.227. The maximum Gasteiger partial charge on any atom is 0.331 e. The number of rotatable bonds is 7. The molecule has 0 bridgehead atoms. The molecule has 0 aromatic carbocycles. The molecule has 0 N–H and O–H groups in total. The molecule has 6 heteroatoms. The Bertz CT molecular complexity index is 111. The van der Waals surface area contributed by atoms with Crippen LogP contribution in [0.3, 0.4) is 0 Å². The Morgan fingerprint density at radius 3 is 2.33 bits per heavy atom. The third-order valence-electron chi connectivity index (χ3n) is 1.86. The van der Waals surface area contributed by atoms with Crippen molar-refractivity contribution in [1.82, 2.24) is 0 Å². The molecule has 3 nitrogen and oxygen atoms in total.